The van der Waals surface area contributed by atoms with Crippen molar-refractivity contribution >= 4 is 0 Å². The van der Waals surface area contributed by atoms with Gasteiger partial charge in [-0.05, 0) is 12.8 Å². The first-order valence-electron chi connectivity index (χ1n) is 25.6. The molecule has 14 heteroatoms. The molecule has 0 bridgehead atoms. The van der Waals surface area contributed by atoms with Crippen LogP contribution in [0.4, 0.5) is 0 Å². The lowest BCUT2D eigenvalue weighted by Gasteiger charge is -2.43. The first-order valence-corrected chi connectivity index (χ1v) is 25.6. The number of unbranched alkanes of at least 4 members (excludes halogenated alkanes) is 26. The lowest BCUT2D eigenvalue weighted by Crippen LogP contribution is -2.60. The zero-order chi connectivity index (χ0) is 46.0. The van der Waals surface area contributed by atoms with E-state index in [1.807, 2.05) is 0 Å². The molecule has 2 saturated heterocycles. The van der Waals surface area contributed by atoms with Crippen LogP contribution in [-0.4, -0.2) is 155 Å². The molecule has 0 aromatic heterocycles. The summed E-state index contributed by atoms with van der Waals surface area (Å²) in [5.41, 5.74) is -1.09. The summed E-state index contributed by atoms with van der Waals surface area (Å²) in [6.45, 7) is 3.95. The molecule has 0 aromatic rings. The maximum Gasteiger partial charge on any atom is 0.186 e. The fraction of sp³-hybridized carbons (Fsp3) is 1.00. The van der Waals surface area contributed by atoms with Crippen LogP contribution in [0, 0.1) is 5.41 Å². The third-order valence-electron chi connectivity index (χ3n) is 12.9. The lowest BCUT2D eigenvalue weighted by atomic mass is 9.91. The Morgan fingerprint density at radius 3 is 0.889 bits per heavy atom. The first kappa shape index (κ1) is 58.6. The lowest BCUT2D eigenvalue weighted by molar-refractivity contribution is -0.322. The van der Waals surface area contributed by atoms with Gasteiger partial charge in [-0.1, -0.05) is 181 Å². The standard InChI is InChI=1S/C49H96O14/c1-3-5-7-9-11-13-15-17-19-21-23-25-27-29-31-58-35-49(37-60-47-45(56)43(54)41(52)39(33-50)62-47,38-61-48-46(57)44(55)42(53)40(34-51)63-48)36-59-32-30-28-26-24-22-20-18-16-14-12-10-8-6-4-2/h39-48,50-57H,3-38H2,1-2H3/t39-,40-,41+,42+,43+,44+,45-,46-,47-,48-/m1/s1. The molecule has 2 aliphatic heterocycles. The van der Waals surface area contributed by atoms with Crippen LogP contribution in [0.25, 0.3) is 0 Å². The summed E-state index contributed by atoms with van der Waals surface area (Å²) in [4.78, 5) is 0. The summed E-state index contributed by atoms with van der Waals surface area (Å²) in [7, 11) is 0. The van der Waals surface area contributed by atoms with Gasteiger partial charge in [-0.15, -0.1) is 0 Å². The fourth-order valence-electron chi connectivity index (χ4n) is 8.55. The molecule has 0 radical (unpaired) electrons. The van der Waals surface area contributed by atoms with E-state index in [-0.39, 0.29) is 26.4 Å². The van der Waals surface area contributed by atoms with Gasteiger partial charge in [-0.25, -0.2) is 0 Å². The van der Waals surface area contributed by atoms with Gasteiger partial charge in [0.15, 0.2) is 12.6 Å². The molecule has 2 rings (SSSR count). The smallest absolute Gasteiger partial charge is 0.186 e. The molecular formula is C49H96O14. The third kappa shape index (κ3) is 24.9. The van der Waals surface area contributed by atoms with Crippen LogP contribution in [0.2, 0.25) is 0 Å². The fourth-order valence-corrected chi connectivity index (χ4v) is 8.55. The van der Waals surface area contributed by atoms with E-state index in [1.165, 1.54) is 141 Å². The molecule has 376 valence electrons. The van der Waals surface area contributed by atoms with E-state index in [4.69, 9.17) is 28.4 Å². The van der Waals surface area contributed by atoms with Gasteiger partial charge >= 0.3 is 0 Å². The van der Waals surface area contributed by atoms with Gasteiger partial charge in [0.2, 0.25) is 0 Å². The van der Waals surface area contributed by atoms with E-state index < -0.39 is 80.0 Å². The Kier molecular flexibility index (Phi) is 34.8. The average Bonchev–Trinajstić information content (AvgIpc) is 3.29. The molecule has 0 saturated carbocycles. The predicted molar refractivity (Wildman–Crippen MR) is 244 cm³/mol. The van der Waals surface area contributed by atoms with Gasteiger partial charge in [0.1, 0.15) is 48.8 Å². The highest BCUT2D eigenvalue weighted by Crippen LogP contribution is 2.30. The minimum absolute atomic E-state index is 0.0685. The topological polar surface area (TPSA) is 217 Å². The summed E-state index contributed by atoms with van der Waals surface area (Å²) < 4.78 is 36.0. The molecule has 2 fully saturated rings. The number of hydrogen-bond donors (Lipinski definition) is 8. The molecule has 0 aromatic carbocycles. The number of aliphatic hydroxyl groups excluding tert-OH is 8. The van der Waals surface area contributed by atoms with E-state index in [2.05, 4.69) is 13.8 Å². The summed E-state index contributed by atoms with van der Waals surface area (Å²) in [5.74, 6) is 0. The van der Waals surface area contributed by atoms with Gasteiger partial charge in [0.05, 0.1) is 45.1 Å². The van der Waals surface area contributed by atoms with Crippen LogP contribution in [0.3, 0.4) is 0 Å². The first-order chi connectivity index (χ1) is 30.6. The van der Waals surface area contributed by atoms with E-state index in [0.29, 0.717) is 13.2 Å². The molecule has 2 heterocycles. The predicted octanol–water partition coefficient (Wildman–Crippen LogP) is 6.60. The molecule has 14 nitrogen and oxygen atoms in total. The number of ether oxygens (including phenoxy) is 6. The Balaban J connectivity index is 1.97. The number of aliphatic hydroxyl groups is 8. The Labute approximate surface area is 381 Å². The van der Waals surface area contributed by atoms with Crippen LogP contribution in [0.15, 0.2) is 0 Å². The Hall–Kier alpha value is -0.560. The monoisotopic (exact) mass is 909 g/mol. The zero-order valence-corrected chi connectivity index (χ0v) is 39.8. The molecule has 0 unspecified atom stereocenters. The normalized spacial score (nSPS) is 26.8. The third-order valence-corrected chi connectivity index (χ3v) is 12.9. The minimum atomic E-state index is -1.63. The average molecular weight is 909 g/mol. The highest BCUT2D eigenvalue weighted by molar-refractivity contribution is 4.91. The molecule has 63 heavy (non-hydrogen) atoms. The molecule has 2 aliphatic rings. The molecule has 8 N–H and O–H groups in total. The SMILES string of the molecule is CCCCCCCCCCCCCCCCOCC(COCCCCCCCCCCCCCCCC)(CO[C@@H]1O[C@H](CO)[C@H](O)[C@H](O)[C@H]1O)CO[C@@H]1O[C@H](CO)[C@H](O)[C@H](O)[C@H]1O. The highest BCUT2D eigenvalue weighted by Gasteiger charge is 2.47. The van der Waals surface area contributed by atoms with Crippen molar-refractivity contribution in [3.05, 3.63) is 0 Å². The van der Waals surface area contributed by atoms with Gasteiger partial charge in [-0.3, -0.25) is 0 Å². The Morgan fingerprint density at radius 1 is 0.349 bits per heavy atom. The Morgan fingerprint density at radius 2 is 0.619 bits per heavy atom. The highest BCUT2D eigenvalue weighted by atomic mass is 16.7. The molecule has 10 atom stereocenters. The van der Waals surface area contributed by atoms with E-state index >= 15 is 0 Å². The van der Waals surface area contributed by atoms with Gasteiger partial charge in [0.25, 0.3) is 0 Å². The second-order valence-electron chi connectivity index (χ2n) is 18.8. The van der Waals surface area contributed by atoms with Crippen molar-refractivity contribution in [2.75, 3.05) is 52.9 Å². The van der Waals surface area contributed by atoms with E-state index in [0.717, 1.165) is 38.5 Å². The van der Waals surface area contributed by atoms with Crippen LogP contribution >= 0.6 is 0 Å². The van der Waals surface area contributed by atoms with Gasteiger partial charge in [-0.2, -0.15) is 0 Å². The maximum atomic E-state index is 10.8. The summed E-state index contributed by atoms with van der Waals surface area (Å²) in [6, 6.07) is 0. The van der Waals surface area contributed by atoms with Crippen LogP contribution < -0.4 is 0 Å². The van der Waals surface area contributed by atoms with Crippen molar-refractivity contribution in [3.8, 4) is 0 Å². The summed E-state index contributed by atoms with van der Waals surface area (Å²) >= 11 is 0. The molecule has 0 spiro atoms. The number of hydrogen-bond acceptors (Lipinski definition) is 14. The second kappa shape index (κ2) is 37.4. The van der Waals surface area contributed by atoms with Crippen molar-refractivity contribution in [2.45, 2.75) is 255 Å². The van der Waals surface area contributed by atoms with Crippen LogP contribution in [-0.2, 0) is 28.4 Å². The maximum absolute atomic E-state index is 10.8. The quantitative estimate of drug-likeness (QED) is 0.0303. The van der Waals surface area contributed by atoms with Crippen molar-refractivity contribution < 1.29 is 69.3 Å². The van der Waals surface area contributed by atoms with Crippen molar-refractivity contribution in [3.63, 3.8) is 0 Å². The largest absolute Gasteiger partial charge is 0.394 e. The van der Waals surface area contributed by atoms with Crippen molar-refractivity contribution in [1.29, 1.82) is 0 Å². The second-order valence-corrected chi connectivity index (χ2v) is 18.8. The Bertz CT molecular complexity index is 945. The van der Waals surface area contributed by atoms with E-state index in [9.17, 15) is 40.9 Å². The van der Waals surface area contributed by atoms with Crippen molar-refractivity contribution in [2.24, 2.45) is 5.41 Å². The summed E-state index contributed by atoms with van der Waals surface area (Å²) in [6.07, 6.45) is 19.9. The van der Waals surface area contributed by atoms with Gasteiger partial charge < -0.3 is 69.3 Å². The van der Waals surface area contributed by atoms with Gasteiger partial charge in [0, 0.05) is 13.2 Å². The molecular weight excluding hydrogens is 813 g/mol. The van der Waals surface area contributed by atoms with Crippen LogP contribution in [0.5, 0.6) is 0 Å². The van der Waals surface area contributed by atoms with Crippen LogP contribution in [0.1, 0.15) is 194 Å². The zero-order valence-electron chi connectivity index (χ0n) is 39.8. The number of rotatable bonds is 42. The molecule has 0 amide bonds. The minimum Gasteiger partial charge on any atom is -0.394 e. The summed E-state index contributed by atoms with van der Waals surface area (Å²) in [5, 5.41) is 82.7. The molecule has 0 aliphatic carbocycles. The van der Waals surface area contributed by atoms with E-state index in [1.54, 1.807) is 0 Å². The van der Waals surface area contributed by atoms with Crippen molar-refractivity contribution in [1.82, 2.24) is 0 Å².